The third-order valence-corrected chi connectivity index (χ3v) is 12.6. The standard InChI is InChI=1S/C32H43BrN4O5S/c1-4-12-35(15-14-34-16-18-42-19-17-34)31(41)28-32-20-24(33)27(43-32)25(26(32)30(40)37(28)22(6-3)21-38)29(39)36(13-5-2)23-10-8-7-9-11-23/h4-5,7-11,22,24-28,38H,1-2,6,12-21H2,3H3/t22-,24?,25-,26-,27-,28?,32?/m0/s1. The van der Waals surface area contributed by atoms with Crippen LogP contribution in [0.1, 0.15) is 19.8 Å². The molecular formula is C32H43BrN4O5S. The number of nitrogens with zero attached hydrogens (tertiary/aromatic N) is 4. The zero-order chi connectivity index (χ0) is 30.7. The molecule has 11 heteroatoms. The number of alkyl halides is 1. The SMILES string of the molecule is C=CCN(CCN1CCOCC1)C(=O)C1N([C@@H](CC)CO)C(=O)[C@@H]2[C@H](C(=O)N(CC=C)c3ccccc3)[C@H]3SC12CC3Br. The summed E-state index contributed by atoms with van der Waals surface area (Å²) in [7, 11) is 0. The van der Waals surface area contributed by atoms with Crippen molar-refractivity contribution in [2.75, 3.05) is 64.0 Å². The molecule has 1 spiro atoms. The van der Waals surface area contributed by atoms with Gasteiger partial charge in [0, 0.05) is 55.0 Å². The molecule has 7 atom stereocenters. The van der Waals surface area contributed by atoms with Gasteiger partial charge in [0.05, 0.1) is 42.4 Å². The summed E-state index contributed by atoms with van der Waals surface area (Å²) in [6.45, 7) is 14.3. The molecule has 234 valence electrons. The molecule has 1 aromatic carbocycles. The molecule has 3 amide bonds. The fourth-order valence-corrected chi connectivity index (χ4v) is 11.0. The van der Waals surface area contributed by atoms with E-state index in [2.05, 4.69) is 34.0 Å². The number of morpholine rings is 1. The summed E-state index contributed by atoms with van der Waals surface area (Å²) in [4.78, 5) is 51.1. The minimum atomic E-state index is -0.788. The Morgan fingerprint density at radius 2 is 1.88 bits per heavy atom. The Labute approximate surface area is 267 Å². The van der Waals surface area contributed by atoms with Gasteiger partial charge in [-0.15, -0.1) is 24.9 Å². The number of aliphatic hydroxyl groups excluding tert-OH is 1. The van der Waals surface area contributed by atoms with E-state index in [0.29, 0.717) is 52.2 Å². The maximum Gasteiger partial charge on any atom is 0.247 e. The predicted octanol–water partition coefficient (Wildman–Crippen LogP) is 2.79. The van der Waals surface area contributed by atoms with Crippen molar-refractivity contribution in [3.63, 3.8) is 0 Å². The first-order chi connectivity index (χ1) is 20.8. The third-order valence-electron chi connectivity index (χ3n) is 9.42. The van der Waals surface area contributed by atoms with E-state index in [4.69, 9.17) is 4.74 Å². The highest BCUT2D eigenvalue weighted by molar-refractivity contribution is 9.09. The van der Waals surface area contributed by atoms with Gasteiger partial charge in [0.1, 0.15) is 6.04 Å². The molecule has 0 radical (unpaired) electrons. The summed E-state index contributed by atoms with van der Waals surface area (Å²) in [6.07, 6.45) is 4.52. The zero-order valence-corrected chi connectivity index (χ0v) is 27.3. The van der Waals surface area contributed by atoms with Crippen molar-refractivity contribution in [2.45, 2.75) is 46.7 Å². The number of likely N-dealkylation sites (tertiary alicyclic amines) is 1. The molecule has 3 unspecified atom stereocenters. The average molecular weight is 676 g/mol. The van der Waals surface area contributed by atoms with Crippen LogP contribution in [0.15, 0.2) is 55.6 Å². The van der Waals surface area contributed by atoms with E-state index in [1.165, 1.54) is 0 Å². The summed E-state index contributed by atoms with van der Waals surface area (Å²) in [5, 5.41) is 10.3. The molecule has 43 heavy (non-hydrogen) atoms. The molecule has 4 fully saturated rings. The number of ether oxygens (including phenoxy) is 1. The van der Waals surface area contributed by atoms with Crippen molar-refractivity contribution < 1.29 is 24.2 Å². The number of benzene rings is 1. The van der Waals surface area contributed by atoms with Gasteiger partial charge in [-0.3, -0.25) is 19.3 Å². The Morgan fingerprint density at radius 1 is 1.19 bits per heavy atom. The van der Waals surface area contributed by atoms with Crippen molar-refractivity contribution in [3.05, 3.63) is 55.6 Å². The molecule has 4 aliphatic rings. The van der Waals surface area contributed by atoms with Gasteiger partial charge >= 0.3 is 0 Å². The second-order valence-electron chi connectivity index (χ2n) is 11.8. The lowest BCUT2D eigenvalue weighted by molar-refractivity contribution is -0.145. The Morgan fingerprint density at radius 3 is 2.51 bits per heavy atom. The molecular weight excluding hydrogens is 632 g/mol. The second-order valence-corrected chi connectivity index (χ2v) is 14.5. The van der Waals surface area contributed by atoms with Crippen LogP contribution < -0.4 is 4.90 Å². The number of para-hydroxylation sites is 1. The average Bonchev–Trinajstić information content (AvgIpc) is 3.62. The van der Waals surface area contributed by atoms with E-state index in [9.17, 15) is 19.5 Å². The Bertz CT molecular complexity index is 1200. The number of thioether (sulfide) groups is 1. The molecule has 0 saturated carbocycles. The minimum Gasteiger partial charge on any atom is -0.394 e. The highest BCUT2D eigenvalue weighted by Crippen LogP contribution is 2.68. The number of carbonyl (C=O) groups excluding carboxylic acids is 3. The van der Waals surface area contributed by atoms with Crippen LogP contribution in [0.2, 0.25) is 0 Å². The first-order valence-electron chi connectivity index (χ1n) is 15.2. The highest BCUT2D eigenvalue weighted by Gasteiger charge is 2.76. The normalized spacial score (nSPS) is 30.6. The van der Waals surface area contributed by atoms with Crippen LogP contribution in [0.5, 0.6) is 0 Å². The Hall–Kier alpha value is -2.18. The monoisotopic (exact) mass is 674 g/mol. The van der Waals surface area contributed by atoms with Crippen LogP contribution in [0.4, 0.5) is 5.69 Å². The number of aliphatic hydroxyl groups is 1. The van der Waals surface area contributed by atoms with E-state index in [-0.39, 0.29) is 34.4 Å². The first kappa shape index (κ1) is 32.2. The van der Waals surface area contributed by atoms with Crippen molar-refractivity contribution >= 4 is 51.1 Å². The Kier molecular flexibility index (Phi) is 10.4. The van der Waals surface area contributed by atoms with Crippen LogP contribution in [0.3, 0.4) is 0 Å². The van der Waals surface area contributed by atoms with Gasteiger partial charge in [0.2, 0.25) is 17.7 Å². The summed E-state index contributed by atoms with van der Waals surface area (Å²) < 4.78 is 4.70. The Balaban J connectivity index is 1.52. The molecule has 4 heterocycles. The van der Waals surface area contributed by atoms with Gasteiger partial charge in [-0.2, -0.15) is 0 Å². The summed E-state index contributed by atoms with van der Waals surface area (Å²) >= 11 is 5.49. The van der Waals surface area contributed by atoms with Crippen LogP contribution in [0.25, 0.3) is 0 Å². The summed E-state index contributed by atoms with van der Waals surface area (Å²) in [5.74, 6) is -1.76. The molecule has 4 saturated heterocycles. The third kappa shape index (κ3) is 5.83. The molecule has 4 aliphatic heterocycles. The van der Waals surface area contributed by atoms with Crippen LogP contribution in [-0.4, -0.2) is 124 Å². The van der Waals surface area contributed by atoms with E-state index in [1.807, 2.05) is 37.3 Å². The fraction of sp³-hybridized carbons (Fsp3) is 0.594. The van der Waals surface area contributed by atoms with Gasteiger partial charge in [-0.25, -0.2) is 0 Å². The highest BCUT2D eigenvalue weighted by atomic mass is 79.9. The number of halogens is 1. The van der Waals surface area contributed by atoms with Gasteiger partial charge in [-0.1, -0.05) is 53.2 Å². The van der Waals surface area contributed by atoms with Crippen LogP contribution >= 0.6 is 27.7 Å². The quantitative estimate of drug-likeness (QED) is 0.254. The predicted molar refractivity (Wildman–Crippen MR) is 173 cm³/mol. The maximum absolute atomic E-state index is 14.7. The zero-order valence-electron chi connectivity index (χ0n) is 24.9. The minimum absolute atomic E-state index is 0.0393. The lowest BCUT2D eigenvalue weighted by atomic mass is 9.70. The lowest BCUT2D eigenvalue weighted by Crippen LogP contribution is -2.58. The van der Waals surface area contributed by atoms with E-state index in [0.717, 1.165) is 18.8 Å². The molecule has 9 nitrogen and oxygen atoms in total. The van der Waals surface area contributed by atoms with Crippen LogP contribution in [0, 0.1) is 11.8 Å². The number of hydrogen-bond acceptors (Lipinski definition) is 7. The lowest BCUT2D eigenvalue weighted by Gasteiger charge is -2.40. The van der Waals surface area contributed by atoms with Gasteiger partial charge < -0.3 is 24.5 Å². The number of rotatable bonds is 13. The molecule has 2 bridgehead atoms. The van der Waals surface area contributed by atoms with Crippen molar-refractivity contribution in [1.29, 1.82) is 0 Å². The number of hydrogen-bond donors (Lipinski definition) is 1. The van der Waals surface area contributed by atoms with Crippen molar-refractivity contribution in [1.82, 2.24) is 14.7 Å². The fourth-order valence-electron chi connectivity index (χ4n) is 7.38. The van der Waals surface area contributed by atoms with Crippen molar-refractivity contribution in [3.8, 4) is 0 Å². The molecule has 0 aromatic heterocycles. The second kappa shape index (κ2) is 13.9. The van der Waals surface area contributed by atoms with Crippen molar-refractivity contribution in [2.24, 2.45) is 11.8 Å². The molecule has 0 aliphatic carbocycles. The topological polar surface area (TPSA) is 93.6 Å². The number of amides is 3. The smallest absolute Gasteiger partial charge is 0.247 e. The number of carbonyl (C=O) groups is 3. The van der Waals surface area contributed by atoms with Crippen LogP contribution in [-0.2, 0) is 19.1 Å². The van der Waals surface area contributed by atoms with Gasteiger partial charge in [0.15, 0.2) is 0 Å². The molecule has 1 N–H and O–H groups in total. The largest absolute Gasteiger partial charge is 0.394 e. The van der Waals surface area contributed by atoms with Gasteiger partial charge in [0.25, 0.3) is 0 Å². The van der Waals surface area contributed by atoms with Gasteiger partial charge in [-0.05, 0) is 25.0 Å². The van der Waals surface area contributed by atoms with E-state index < -0.39 is 28.7 Å². The molecule has 5 rings (SSSR count). The van der Waals surface area contributed by atoms with E-state index in [1.54, 1.807) is 38.6 Å². The number of fused-ring (bicyclic) bond motifs is 1. The summed E-state index contributed by atoms with van der Waals surface area (Å²) in [6, 6.07) is 8.14. The number of anilines is 1. The first-order valence-corrected chi connectivity index (χ1v) is 17.0. The molecule has 1 aromatic rings. The van der Waals surface area contributed by atoms with E-state index >= 15 is 0 Å². The summed E-state index contributed by atoms with van der Waals surface area (Å²) in [5.41, 5.74) is 0.748. The maximum atomic E-state index is 14.7.